The van der Waals surface area contributed by atoms with Crippen LogP contribution in [-0.2, 0) is 16.1 Å². The minimum absolute atomic E-state index is 0.0446. The van der Waals surface area contributed by atoms with Crippen LogP contribution in [0.2, 0.25) is 0 Å². The Bertz CT molecular complexity index is 1270. The van der Waals surface area contributed by atoms with Crippen molar-refractivity contribution in [1.29, 1.82) is 0 Å². The second-order valence-electron chi connectivity index (χ2n) is 7.33. The molecule has 0 atom stereocenters. The molecule has 4 rings (SSSR count). The number of ether oxygens (including phenoxy) is 2. The fraction of sp³-hybridized carbons (Fsp3) is 0.125. The zero-order chi connectivity index (χ0) is 24.2. The molecule has 0 aliphatic carbocycles. The highest BCUT2D eigenvalue weighted by Gasteiger charge is 2.39. The summed E-state index contributed by atoms with van der Waals surface area (Å²) < 4.78 is 10.6. The number of benzene rings is 2. The van der Waals surface area contributed by atoms with Gasteiger partial charge in [-0.05, 0) is 35.4 Å². The van der Waals surface area contributed by atoms with Crippen molar-refractivity contribution in [3.63, 3.8) is 0 Å². The zero-order valence-electron chi connectivity index (χ0n) is 18.3. The predicted octanol–water partition coefficient (Wildman–Crippen LogP) is 3.40. The van der Waals surface area contributed by atoms with Gasteiger partial charge in [0.25, 0.3) is 17.5 Å². The Morgan fingerprint density at radius 2 is 1.56 bits per heavy atom. The largest absolute Gasteiger partial charge is 0.497 e. The molecule has 1 N–H and O–H groups in total. The second-order valence-corrected chi connectivity index (χ2v) is 7.33. The summed E-state index contributed by atoms with van der Waals surface area (Å²) >= 11 is 0. The summed E-state index contributed by atoms with van der Waals surface area (Å²) in [5.74, 6) is -0.0699. The number of nitrogens with zero attached hydrogens (tertiary/aromatic N) is 3. The maximum absolute atomic E-state index is 13.4. The number of amides is 2. The lowest BCUT2D eigenvalue weighted by molar-refractivity contribution is -0.384. The van der Waals surface area contributed by atoms with Gasteiger partial charge in [-0.15, -0.1) is 0 Å². The molecule has 3 aromatic rings. The Morgan fingerprint density at radius 1 is 0.941 bits per heavy atom. The molecule has 0 bridgehead atoms. The fourth-order valence-corrected chi connectivity index (χ4v) is 3.55. The van der Waals surface area contributed by atoms with Crippen molar-refractivity contribution in [1.82, 2.24) is 9.88 Å². The third kappa shape index (κ3) is 4.42. The number of methoxy groups -OCH3 is 2. The summed E-state index contributed by atoms with van der Waals surface area (Å²) in [5, 5.41) is 14.1. The third-order valence-electron chi connectivity index (χ3n) is 5.25. The Morgan fingerprint density at radius 3 is 2.12 bits per heavy atom. The SMILES string of the molecule is COc1cc(NC2=C(c3ccc([N+](=O)[O-])cc3)C(=O)N(Cc3ccncc3)C2=O)cc(OC)c1. The van der Waals surface area contributed by atoms with Crippen LogP contribution in [0.4, 0.5) is 11.4 Å². The maximum Gasteiger partial charge on any atom is 0.278 e. The Kier molecular flexibility index (Phi) is 6.22. The van der Waals surface area contributed by atoms with Crippen molar-refractivity contribution < 1.29 is 24.0 Å². The highest BCUT2D eigenvalue weighted by molar-refractivity contribution is 6.36. The number of imide groups is 1. The lowest BCUT2D eigenvalue weighted by atomic mass is 10.0. The highest BCUT2D eigenvalue weighted by atomic mass is 16.6. The van der Waals surface area contributed by atoms with Crippen molar-refractivity contribution in [2.75, 3.05) is 19.5 Å². The molecule has 2 aromatic carbocycles. The molecule has 0 fully saturated rings. The molecule has 0 saturated heterocycles. The second kappa shape index (κ2) is 9.41. The van der Waals surface area contributed by atoms with Gasteiger partial charge in [0.15, 0.2) is 0 Å². The first kappa shape index (κ1) is 22.5. The van der Waals surface area contributed by atoms with Gasteiger partial charge in [0.2, 0.25) is 0 Å². The normalized spacial score (nSPS) is 13.3. The number of carbonyl (C=O) groups is 2. The summed E-state index contributed by atoms with van der Waals surface area (Å²) in [4.78, 5) is 42.4. The van der Waals surface area contributed by atoms with Gasteiger partial charge in [-0.2, -0.15) is 0 Å². The van der Waals surface area contributed by atoms with Gasteiger partial charge in [-0.1, -0.05) is 0 Å². The van der Waals surface area contributed by atoms with Crippen molar-refractivity contribution >= 4 is 28.8 Å². The van der Waals surface area contributed by atoms with Crippen LogP contribution in [0.15, 0.2) is 72.7 Å². The van der Waals surface area contributed by atoms with Crippen molar-refractivity contribution in [2.24, 2.45) is 0 Å². The third-order valence-corrected chi connectivity index (χ3v) is 5.25. The van der Waals surface area contributed by atoms with Crippen LogP contribution in [0.3, 0.4) is 0 Å². The lowest BCUT2D eigenvalue weighted by Gasteiger charge is -2.15. The monoisotopic (exact) mass is 460 g/mol. The van der Waals surface area contributed by atoms with Crippen LogP contribution < -0.4 is 14.8 Å². The molecule has 2 heterocycles. The van der Waals surface area contributed by atoms with Crippen molar-refractivity contribution in [3.8, 4) is 11.5 Å². The van der Waals surface area contributed by atoms with E-state index in [4.69, 9.17) is 9.47 Å². The van der Waals surface area contributed by atoms with Gasteiger partial charge in [0.1, 0.15) is 17.2 Å². The number of anilines is 1. The van der Waals surface area contributed by atoms with Crippen molar-refractivity contribution in [3.05, 3.63) is 93.9 Å². The molecule has 10 heteroatoms. The number of aromatic nitrogens is 1. The van der Waals surface area contributed by atoms with E-state index in [0.717, 1.165) is 10.5 Å². The maximum atomic E-state index is 13.4. The summed E-state index contributed by atoms with van der Waals surface area (Å²) in [7, 11) is 3.00. The smallest absolute Gasteiger partial charge is 0.278 e. The van der Waals surface area contributed by atoms with E-state index >= 15 is 0 Å². The molecule has 34 heavy (non-hydrogen) atoms. The number of rotatable bonds is 8. The van der Waals surface area contributed by atoms with E-state index in [0.29, 0.717) is 22.7 Å². The molecule has 0 unspecified atom stereocenters. The van der Waals surface area contributed by atoms with E-state index in [1.165, 1.54) is 38.5 Å². The number of nitro groups is 1. The molecular weight excluding hydrogens is 440 g/mol. The molecule has 2 amide bonds. The van der Waals surface area contributed by atoms with E-state index in [9.17, 15) is 19.7 Å². The van der Waals surface area contributed by atoms with E-state index < -0.39 is 16.7 Å². The Balaban J connectivity index is 1.77. The first-order chi connectivity index (χ1) is 16.4. The quantitative estimate of drug-likeness (QED) is 0.308. The molecule has 0 saturated carbocycles. The van der Waals surface area contributed by atoms with Crippen molar-refractivity contribution in [2.45, 2.75) is 6.54 Å². The van der Waals surface area contributed by atoms with Crippen LogP contribution in [0.5, 0.6) is 11.5 Å². The van der Waals surface area contributed by atoms with E-state index in [2.05, 4.69) is 10.3 Å². The van der Waals surface area contributed by atoms with E-state index in [-0.39, 0.29) is 23.5 Å². The summed E-state index contributed by atoms with van der Waals surface area (Å²) in [6.45, 7) is 0.0449. The first-order valence-corrected chi connectivity index (χ1v) is 10.2. The van der Waals surface area contributed by atoms with Gasteiger partial charge in [0, 0.05) is 48.4 Å². The number of nitrogens with one attached hydrogen (secondary N) is 1. The molecule has 1 aromatic heterocycles. The van der Waals surface area contributed by atoms with E-state index in [1.54, 1.807) is 42.7 Å². The molecule has 10 nitrogen and oxygen atoms in total. The minimum atomic E-state index is -0.531. The molecule has 172 valence electrons. The first-order valence-electron chi connectivity index (χ1n) is 10.2. The molecule has 0 radical (unpaired) electrons. The molecular formula is C24H20N4O6. The number of hydrogen-bond donors (Lipinski definition) is 1. The summed E-state index contributed by atoms with van der Waals surface area (Å²) in [5.41, 5.74) is 1.60. The minimum Gasteiger partial charge on any atom is -0.497 e. The highest BCUT2D eigenvalue weighted by Crippen LogP contribution is 2.34. The number of hydrogen-bond acceptors (Lipinski definition) is 8. The molecule has 1 aliphatic heterocycles. The predicted molar refractivity (Wildman–Crippen MR) is 123 cm³/mol. The topological polar surface area (TPSA) is 124 Å². The number of pyridine rings is 1. The summed E-state index contributed by atoms with van der Waals surface area (Å²) in [6.07, 6.45) is 3.15. The summed E-state index contributed by atoms with van der Waals surface area (Å²) in [6, 6.07) is 13.9. The fourth-order valence-electron chi connectivity index (χ4n) is 3.55. The molecule has 0 spiro atoms. The van der Waals surface area contributed by atoms with Gasteiger partial charge in [-0.3, -0.25) is 29.6 Å². The molecule has 1 aliphatic rings. The van der Waals surface area contributed by atoms with Gasteiger partial charge in [-0.25, -0.2) is 0 Å². The van der Waals surface area contributed by atoms with Gasteiger partial charge < -0.3 is 14.8 Å². The van der Waals surface area contributed by atoms with Crippen LogP contribution in [0.1, 0.15) is 11.1 Å². The Labute approximate surface area is 194 Å². The standard InChI is InChI=1S/C24H20N4O6/c1-33-19-11-17(12-20(13-19)34-2)26-22-21(16-3-5-18(6-4-16)28(31)32)23(29)27(24(22)30)14-15-7-9-25-10-8-15/h3-13,26H,14H2,1-2H3. The van der Waals surface area contributed by atoms with Crippen LogP contribution in [-0.4, -0.2) is 40.8 Å². The Hall–Kier alpha value is -4.73. The van der Waals surface area contributed by atoms with Crippen LogP contribution >= 0.6 is 0 Å². The van der Waals surface area contributed by atoms with Crippen LogP contribution in [0.25, 0.3) is 5.57 Å². The average Bonchev–Trinajstić information content (AvgIpc) is 3.08. The lowest BCUT2D eigenvalue weighted by Crippen LogP contribution is -2.32. The van der Waals surface area contributed by atoms with Gasteiger partial charge in [0.05, 0.1) is 31.3 Å². The van der Waals surface area contributed by atoms with Crippen LogP contribution in [0, 0.1) is 10.1 Å². The van der Waals surface area contributed by atoms with E-state index in [1.807, 2.05) is 0 Å². The number of non-ortho nitro benzene ring substituents is 1. The van der Waals surface area contributed by atoms with Gasteiger partial charge >= 0.3 is 0 Å². The number of nitro benzene ring substituents is 1. The average molecular weight is 460 g/mol. The zero-order valence-corrected chi connectivity index (χ0v) is 18.3. The number of carbonyl (C=O) groups excluding carboxylic acids is 2.